The summed E-state index contributed by atoms with van der Waals surface area (Å²) in [4.78, 5) is 0. The molecule has 1 fully saturated rings. The molecule has 0 aromatic heterocycles. The van der Waals surface area contributed by atoms with Gasteiger partial charge in [0, 0.05) is 0 Å². The Morgan fingerprint density at radius 3 is 2.76 bits per heavy atom. The fourth-order valence-electron chi connectivity index (χ4n) is 1.94. The summed E-state index contributed by atoms with van der Waals surface area (Å²) < 4.78 is 10.8. The van der Waals surface area contributed by atoms with Crippen LogP contribution in [0.15, 0.2) is 18.2 Å². The van der Waals surface area contributed by atoms with E-state index in [0.29, 0.717) is 0 Å². The topological polar surface area (TPSA) is 38.7 Å². The molecule has 1 atom stereocenters. The van der Waals surface area contributed by atoms with Crippen LogP contribution in [0.5, 0.6) is 11.5 Å². The normalized spacial score (nSPS) is 21.5. The number of hydrogen-bond acceptors (Lipinski definition) is 5. The van der Waals surface area contributed by atoms with Crippen LogP contribution in [0.1, 0.15) is 18.1 Å². The van der Waals surface area contributed by atoms with E-state index in [1.54, 1.807) is 0 Å². The highest BCUT2D eigenvalue weighted by atomic mass is 32.2. The second kappa shape index (κ2) is 5.00. The Hall–Kier alpha value is -0.520. The van der Waals surface area contributed by atoms with Crippen LogP contribution in [0.3, 0.4) is 0 Å². The molecular weight excluding hydrogens is 256 g/mol. The van der Waals surface area contributed by atoms with E-state index < -0.39 is 6.10 Å². The first-order valence-electron chi connectivity index (χ1n) is 5.65. The van der Waals surface area contributed by atoms with Crippen molar-refractivity contribution in [2.75, 3.05) is 18.3 Å². The van der Waals surface area contributed by atoms with Gasteiger partial charge in [-0.1, -0.05) is 6.07 Å². The lowest BCUT2D eigenvalue weighted by atomic mass is 10.1. The first-order valence-corrected chi connectivity index (χ1v) is 7.75. The van der Waals surface area contributed by atoms with Crippen molar-refractivity contribution in [3.8, 4) is 11.5 Å². The standard InChI is InChI=1S/C12H14O3S2/c13-11(12-16-4-1-5-17-12)8-2-3-9-10(6-8)15-7-14-9/h2-3,6,11-13H,1,4-5,7H2. The van der Waals surface area contributed by atoms with Gasteiger partial charge in [0.05, 0.1) is 4.58 Å². The Kier molecular flexibility index (Phi) is 3.40. The minimum absolute atomic E-state index is 0.240. The zero-order valence-electron chi connectivity index (χ0n) is 9.30. The minimum Gasteiger partial charge on any atom is -0.454 e. The number of hydrogen-bond donors (Lipinski definition) is 1. The van der Waals surface area contributed by atoms with E-state index in [1.165, 1.54) is 6.42 Å². The van der Waals surface area contributed by atoms with E-state index in [1.807, 2.05) is 41.7 Å². The average molecular weight is 270 g/mol. The third kappa shape index (κ3) is 2.37. The lowest BCUT2D eigenvalue weighted by Crippen LogP contribution is -2.16. The van der Waals surface area contributed by atoms with E-state index in [0.717, 1.165) is 28.6 Å². The second-order valence-electron chi connectivity index (χ2n) is 4.02. The van der Waals surface area contributed by atoms with Crippen LogP contribution >= 0.6 is 23.5 Å². The van der Waals surface area contributed by atoms with Gasteiger partial charge in [-0.2, -0.15) is 0 Å². The van der Waals surface area contributed by atoms with Gasteiger partial charge in [0.25, 0.3) is 0 Å². The highest BCUT2D eigenvalue weighted by Gasteiger charge is 2.26. The Morgan fingerprint density at radius 1 is 1.18 bits per heavy atom. The van der Waals surface area contributed by atoms with Gasteiger partial charge in [-0.25, -0.2) is 0 Å². The first kappa shape index (κ1) is 11.6. The van der Waals surface area contributed by atoms with E-state index in [4.69, 9.17) is 9.47 Å². The van der Waals surface area contributed by atoms with Crippen molar-refractivity contribution in [3.63, 3.8) is 0 Å². The molecule has 1 unspecified atom stereocenters. The highest BCUT2D eigenvalue weighted by Crippen LogP contribution is 2.41. The summed E-state index contributed by atoms with van der Waals surface area (Å²) in [6, 6.07) is 5.69. The van der Waals surface area contributed by atoms with Gasteiger partial charge in [0.2, 0.25) is 6.79 Å². The minimum atomic E-state index is -0.431. The maximum atomic E-state index is 10.3. The van der Waals surface area contributed by atoms with Crippen molar-refractivity contribution < 1.29 is 14.6 Å². The van der Waals surface area contributed by atoms with Gasteiger partial charge in [0.1, 0.15) is 6.10 Å². The summed E-state index contributed by atoms with van der Waals surface area (Å²) in [5.74, 6) is 3.79. The van der Waals surface area contributed by atoms with Crippen molar-refractivity contribution in [3.05, 3.63) is 23.8 Å². The van der Waals surface area contributed by atoms with Crippen molar-refractivity contribution in [1.82, 2.24) is 0 Å². The molecule has 1 aromatic rings. The van der Waals surface area contributed by atoms with Crippen LogP contribution in [-0.2, 0) is 0 Å². The lowest BCUT2D eigenvalue weighted by molar-refractivity contribution is 0.173. The molecule has 92 valence electrons. The number of benzene rings is 1. The summed E-state index contributed by atoms with van der Waals surface area (Å²) in [7, 11) is 0. The van der Waals surface area contributed by atoms with Crippen LogP contribution in [0, 0.1) is 0 Å². The predicted octanol–water partition coefficient (Wildman–Crippen LogP) is 2.64. The smallest absolute Gasteiger partial charge is 0.231 e. The Labute approximate surface area is 109 Å². The Morgan fingerprint density at radius 2 is 1.94 bits per heavy atom. The number of fused-ring (bicyclic) bond motifs is 1. The second-order valence-corrected chi connectivity index (χ2v) is 6.82. The third-order valence-electron chi connectivity index (χ3n) is 2.85. The monoisotopic (exact) mass is 270 g/mol. The molecule has 0 spiro atoms. The molecule has 0 bridgehead atoms. The summed E-state index contributed by atoms with van der Waals surface area (Å²) in [5.41, 5.74) is 0.918. The lowest BCUT2D eigenvalue weighted by Gasteiger charge is -2.25. The number of thioether (sulfide) groups is 2. The third-order valence-corrected chi connectivity index (χ3v) is 5.89. The summed E-state index contributed by atoms with van der Waals surface area (Å²) in [6.45, 7) is 0.280. The average Bonchev–Trinajstić information content (AvgIpc) is 2.86. The van der Waals surface area contributed by atoms with E-state index in [-0.39, 0.29) is 11.4 Å². The molecule has 1 N–H and O–H groups in total. The maximum absolute atomic E-state index is 10.3. The van der Waals surface area contributed by atoms with Crippen LogP contribution < -0.4 is 9.47 Å². The van der Waals surface area contributed by atoms with E-state index >= 15 is 0 Å². The molecule has 17 heavy (non-hydrogen) atoms. The maximum Gasteiger partial charge on any atom is 0.231 e. The molecular formula is C12H14O3S2. The van der Waals surface area contributed by atoms with E-state index in [2.05, 4.69) is 0 Å². The highest BCUT2D eigenvalue weighted by molar-refractivity contribution is 8.17. The van der Waals surface area contributed by atoms with Crippen molar-refractivity contribution in [1.29, 1.82) is 0 Å². The van der Waals surface area contributed by atoms with Crippen molar-refractivity contribution in [2.45, 2.75) is 17.1 Å². The molecule has 2 heterocycles. The fraction of sp³-hybridized carbons (Fsp3) is 0.500. The quantitative estimate of drug-likeness (QED) is 0.894. The largest absolute Gasteiger partial charge is 0.454 e. The molecule has 3 rings (SSSR count). The number of aliphatic hydroxyl groups is 1. The summed E-state index contributed by atoms with van der Waals surface area (Å²) in [6.07, 6.45) is 0.805. The SMILES string of the molecule is OC(c1ccc2c(c1)OCO2)C1SCCCS1. The zero-order chi connectivity index (χ0) is 11.7. The molecule has 0 radical (unpaired) electrons. The molecule has 2 aliphatic heterocycles. The zero-order valence-corrected chi connectivity index (χ0v) is 10.9. The number of ether oxygens (including phenoxy) is 2. The fourth-order valence-corrected chi connectivity index (χ4v) is 4.85. The Balaban J connectivity index is 1.78. The van der Waals surface area contributed by atoms with Gasteiger partial charge >= 0.3 is 0 Å². The molecule has 2 aliphatic rings. The number of rotatable bonds is 2. The van der Waals surface area contributed by atoms with Gasteiger partial charge in [-0.3, -0.25) is 0 Å². The molecule has 3 nitrogen and oxygen atoms in total. The van der Waals surface area contributed by atoms with Crippen LogP contribution in [0.25, 0.3) is 0 Å². The number of aliphatic hydroxyl groups excluding tert-OH is 1. The molecule has 0 aliphatic carbocycles. The van der Waals surface area contributed by atoms with Crippen molar-refractivity contribution in [2.24, 2.45) is 0 Å². The predicted molar refractivity (Wildman–Crippen MR) is 70.8 cm³/mol. The summed E-state index contributed by atoms with van der Waals surface area (Å²) >= 11 is 3.68. The molecule has 1 aromatic carbocycles. The van der Waals surface area contributed by atoms with Crippen LogP contribution in [0.4, 0.5) is 0 Å². The summed E-state index contributed by atoms with van der Waals surface area (Å²) in [5, 5.41) is 10.3. The molecule has 5 heteroatoms. The van der Waals surface area contributed by atoms with Gasteiger partial charge < -0.3 is 14.6 Å². The van der Waals surface area contributed by atoms with Crippen LogP contribution in [-0.4, -0.2) is 28.0 Å². The molecule has 0 saturated carbocycles. The van der Waals surface area contributed by atoms with Gasteiger partial charge in [-0.05, 0) is 35.6 Å². The van der Waals surface area contributed by atoms with Gasteiger partial charge in [0.15, 0.2) is 11.5 Å². The molecule has 1 saturated heterocycles. The van der Waals surface area contributed by atoms with Gasteiger partial charge in [-0.15, -0.1) is 23.5 Å². The Bertz CT molecular complexity index is 405. The van der Waals surface area contributed by atoms with Crippen molar-refractivity contribution >= 4 is 23.5 Å². The van der Waals surface area contributed by atoms with E-state index in [9.17, 15) is 5.11 Å². The molecule has 0 amide bonds. The first-order chi connectivity index (χ1) is 8.34. The van der Waals surface area contributed by atoms with Crippen LogP contribution in [0.2, 0.25) is 0 Å².